The first-order valence-electron chi connectivity index (χ1n) is 7.71. The van der Waals surface area contributed by atoms with Gasteiger partial charge in [-0.3, -0.25) is 4.79 Å². The molecule has 0 radical (unpaired) electrons. The molecule has 1 amide bonds. The largest absolute Gasteiger partial charge is 0.497 e. The molecule has 7 nitrogen and oxygen atoms in total. The highest BCUT2D eigenvalue weighted by atomic mass is 79.9. The van der Waals surface area contributed by atoms with Crippen molar-refractivity contribution in [3.8, 4) is 5.75 Å². The molecule has 0 bridgehead atoms. The van der Waals surface area contributed by atoms with Gasteiger partial charge < -0.3 is 19.5 Å². The van der Waals surface area contributed by atoms with Crippen LogP contribution in [-0.4, -0.2) is 44.7 Å². The van der Waals surface area contributed by atoms with Crippen molar-refractivity contribution < 1.29 is 28.6 Å². The molecule has 0 saturated carbocycles. The molecule has 1 N–H and O–H groups in total. The maximum atomic E-state index is 12.1. The van der Waals surface area contributed by atoms with Gasteiger partial charge >= 0.3 is 11.9 Å². The van der Waals surface area contributed by atoms with E-state index in [1.807, 2.05) is 13.8 Å². The van der Waals surface area contributed by atoms with Crippen LogP contribution in [0.2, 0.25) is 0 Å². The zero-order valence-electron chi connectivity index (χ0n) is 14.6. The maximum absolute atomic E-state index is 12.1. The fourth-order valence-electron chi connectivity index (χ4n) is 2.01. The Morgan fingerprint density at radius 3 is 2.48 bits per heavy atom. The van der Waals surface area contributed by atoms with Crippen molar-refractivity contribution in [1.82, 2.24) is 5.32 Å². The minimum absolute atomic E-state index is 0.111. The van der Waals surface area contributed by atoms with Gasteiger partial charge in [-0.15, -0.1) is 0 Å². The van der Waals surface area contributed by atoms with Gasteiger partial charge in [0.2, 0.25) is 0 Å². The van der Waals surface area contributed by atoms with E-state index in [1.54, 1.807) is 12.1 Å². The van der Waals surface area contributed by atoms with Crippen LogP contribution in [0.3, 0.4) is 0 Å². The van der Waals surface area contributed by atoms with Gasteiger partial charge in [-0.25, -0.2) is 9.59 Å². The Kier molecular flexibility index (Phi) is 8.40. The molecular formula is C17H22BrNO6. The average molecular weight is 416 g/mol. The lowest BCUT2D eigenvalue weighted by Crippen LogP contribution is -2.47. The van der Waals surface area contributed by atoms with Crippen LogP contribution in [0.4, 0.5) is 0 Å². The van der Waals surface area contributed by atoms with Crippen LogP contribution >= 0.6 is 15.9 Å². The van der Waals surface area contributed by atoms with E-state index in [4.69, 9.17) is 14.2 Å². The van der Waals surface area contributed by atoms with E-state index in [9.17, 15) is 14.4 Å². The summed E-state index contributed by atoms with van der Waals surface area (Å²) in [5.41, 5.74) is 0.235. The van der Waals surface area contributed by atoms with Crippen molar-refractivity contribution in [3.05, 3.63) is 28.2 Å². The maximum Gasteiger partial charge on any atom is 0.339 e. The molecule has 0 aliphatic carbocycles. The average Bonchev–Trinajstić information content (AvgIpc) is 2.63. The van der Waals surface area contributed by atoms with Gasteiger partial charge in [-0.05, 0) is 40.0 Å². The highest BCUT2D eigenvalue weighted by molar-refractivity contribution is 9.10. The van der Waals surface area contributed by atoms with Crippen LogP contribution in [-0.2, 0) is 19.1 Å². The van der Waals surface area contributed by atoms with Crippen LogP contribution in [0, 0.1) is 5.92 Å². The summed E-state index contributed by atoms with van der Waals surface area (Å²) in [5, 5.41) is 2.54. The summed E-state index contributed by atoms with van der Waals surface area (Å²) in [4.78, 5) is 35.9. The summed E-state index contributed by atoms with van der Waals surface area (Å²) in [5.74, 6) is -1.42. The summed E-state index contributed by atoms with van der Waals surface area (Å²) >= 11 is 3.25. The second-order valence-electron chi connectivity index (χ2n) is 5.38. The smallest absolute Gasteiger partial charge is 0.339 e. The lowest BCUT2D eigenvalue weighted by Gasteiger charge is -2.21. The molecule has 1 aromatic rings. The van der Waals surface area contributed by atoms with Crippen molar-refractivity contribution in [2.45, 2.75) is 26.3 Å². The van der Waals surface area contributed by atoms with Gasteiger partial charge in [0.25, 0.3) is 5.91 Å². The van der Waals surface area contributed by atoms with Crippen LogP contribution < -0.4 is 10.1 Å². The van der Waals surface area contributed by atoms with Crippen molar-refractivity contribution in [1.29, 1.82) is 0 Å². The molecule has 0 saturated heterocycles. The molecule has 25 heavy (non-hydrogen) atoms. The Labute approximate surface area is 155 Å². The zero-order chi connectivity index (χ0) is 19.0. The molecule has 0 aliphatic rings. The molecule has 138 valence electrons. The quantitative estimate of drug-likeness (QED) is 0.655. The molecule has 0 fully saturated rings. The Bertz CT molecular complexity index is 634. The third-order valence-corrected chi connectivity index (χ3v) is 4.40. The third kappa shape index (κ3) is 6.04. The van der Waals surface area contributed by atoms with Gasteiger partial charge in [-0.2, -0.15) is 0 Å². The van der Waals surface area contributed by atoms with Crippen LogP contribution in [0.1, 0.15) is 30.6 Å². The number of halogens is 1. The van der Waals surface area contributed by atoms with Crippen LogP contribution in [0.25, 0.3) is 0 Å². The van der Waals surface area contributed by atoms with E-state index in [0.717, 1.165) is 0 Å². The fourth-order valence-corrected chi connectivity index (χ4v) is 2.42. The van der Waals surface area contributed by atoms with Crippen molar-refractivity contribution >= 4 is 33.8 Å². The molecule has 0 aliphatic heterocycles. The van der Waals surface area contributed by atoms with Crippen molar-refractivity contribution in [2.75, 3.05) is 20.8 Å². The monoisotopic (exact) mass is 415 g/mol. The topological polar surface area (TPSA) is 90.9 Å². The van der Waals surface area contributed by atoms with E-state index in [2.05, 4.69) is 21.2 Å². The molecule has 1 aromatic carbocycles. The number of amides is 1. The number of hydrogen-bond acceptors (Lipinski definition) is 6. The van der Waals surface area contributed by atoms with Crippen LogP contribution in [0.5, 0.6) is 5.75 Å². The van der Waals surface area contributed by atoms with E-state index < -0.39 is 30.5 Å². The minimum atomic E-state index is -0.787. The van der Waals surface area contributed by atoms with Gasteiger partial charge in [-0.1, -0.05) is 20.3 Å². The second kappa shape index (κ2) is 10.0. The Morgan fingerprint density at radius 1 is 1.24 bits per heavy atom. The normalized spacial score (nSPS) is 12.7. The number of nitrogens with one attached hydrogen (secondary N) is 1. The molecule has 0 aromatic heterocycles. The van der Waals surface area contributed by atoms with E-state index in [1.165, 1.54) is 20.3 Å². The predicted molar refractivity (Wildman–Crippen MR) is 94.4 cm³/mol. The Morgan fingerprint density at radius 2 is 1.92 bits per heavy atom. The molecule has 0 spiro atoms. The summed E-state index contributed by atoms with van der Waals surface area (Å²) < 4.78 is 15.3. The minimum Gasteiger partial charge on any atom is -0.497 e. The van der Waals surface area contributed by atoms with Crippen molar-refractivity contribution in [3.63, 3.8) is 0 Å². The van der Waals surface area contributed by atoms with E-state index in [-0.39, 0.29) is 11.5 Å². The summed E-state index contributed by atoms with van der Waals surface area (Å²) in [6.45, 7) is 3.21. The SMILES string of the molecule is CC[C@H](C)[C@@H](NC(=O)COC(=O)c1cc(OC)ccc1Br)C(=O)OC. The number of benzene rings is 1. The zero-order valence-corrected chi connectivity index (χ0v) is 16.2. The van der Waals surface area contributed by atoms with Gasteiger partial charge in [0.15, 0.2) is 6.61 Å². The Hall–Kier alpha value is -2.09. The molecule has 0 heterocycles. The van der Waals surface area contributed by atoms with Gasteiger partial charge in [0.05, 0.1) is 19.8 Å². The lowest BCUT2D eigenvalue weighted by atomic mass is 9.99. The molecular weight excluding hydrogens is 394 g/mol. The number of hydrogen-bond donors (Lipinski definition) is 1. The number of esters is 2. The van der Waals surface area contributed by atoms with E-state index in [0.29, 0.717) is 16.6 Å². The second-order valence-corrected chi connectivity index (χ2v) is 6.23. The molecule has 1 rings (SSSR count). The number of rotatable bonds is 8. The van der Waals surface area contributed by atoms with E-state index >= 15 is 0 Å². The standard InChI is InChI=1S/C17H22BrNO6/c1-5-10(2)15(17(22)24-4)19-14(20)9-25-16(21)12-8-11(23-3)6-7-13(12)18/h6-8,10,15H,5,9H2,1-4H3,(H,19,20)/t10-,15+/m0/s1. The molecule has 0 unspecified atom stereocenters. The summed E-state index contributed by atoms with van der Waals surface area (Å²) in [6.07, 6.45) is 0.677. The lowest BCUT2D eigenvalue weighted by molar-refractivity contribution is -0.147. The van der Waals surface area contributed by atoms with Gasteiger partial charge in [0.1, 0.15) is 11.8 Å². The van der Waals surface area contributed by atoms with Crippen molar-refractivity contribution in [2.24, 2.45) is 5.92 Å². The number of carbonyl (C=O) groups excluding carboxylic acids is 3. The fraction of sp³-hybridized carbons (Fsp3) is 0.471. The first-order chi connectivity index (χ1) is 11.8. The number of ether oxygens (including phenoxy) is 3. The highest BCUT2D eigenvalue weighted by Crippen LogP contribution is 2.23. The van der Waals surface area contributed by atoms with Gasteiger partial charge in [0, 0.05) is 4.47 Å². The summed E-state index contributed by atoms with van der Waals surface area (Å²) in [7, 11) is 2.73. The summed E-state index contributed by atoms with van der Waals surface area (Å²) in [6, 6.07) is 4.04. The molecule has 2 atom stereocenters. The number of methoxy groups -OCH3 is 2. The van der Waals surface area contributed by atoms with Crippen LogP contribution in [0.15, 0.2) is 22.7 Å². The predicted octanol–water partition coefficient (Wildman–Crippen LogP) is 2.32. The molecule has 8 heteroatoms. The Balaban J connectivity index is 2.69. The third-order valence-electron chi connectivity index (χ3n) is 3.71. The first kappa shape index (κ1) is 21.0. The first-order valence-corrected chi connectivity index (χ1v) is 8.51. The highest BCUT2D eigenvalue weighted by Gasteiger charge is 2.27. The number of carbonyl (C=O) groups is 3.